The van der Waals surface area contributed by atoms with E-state index in [1.54, 1.807) is 56.3 Å². The van der Waals surface area contributed by atoms with Crippen molar-refractivity contribution in [3.63, 3.8) is 0 Å². The number of carbonyl (C=O) groups is 3. The third-order valence-corrected chi connectivity index (χ3v) is 10.3. The first-order valence-corrected chi connectivity index (χ1v) is 14.6. The molecule has 8 atom stereocenters. The average molecular weight is 573 g/mol. The van der Waals surface area contributed by atoms with Crippen molar-refractivity contribution >= 4 is 17.5 Å². The van der Waals surface area contributed by atoms with Gasteiger partial charge in [0.2, 0.25) is 0 Å². The van der Waals surface area contributed by atoms with Gasteiger partial charge < -0.3 is 20.1 Å². The van der Waals surface area contributed by atoms with Crippen LogP contribution in [0, 0.1) is 34.5 Å². The monoisotopic (exact) mass is 572 g/mol. The van der Waals surface area contributed by atoms with Crippen LogP contribution < -0.4 is 0 Å². The fourth-order valence-corrected chi connectivity index (χ4v) is 7.90. The van der Waals surface area contributed by atoms with Crippen LogP contribution in [0.1, 0.15) is 61.8 Å². The van der Waals surface area contributed by atoms with Crippen molar-refractivity contribution in [2.75, 3.05) is 6.61 Å². The molecule has 7 nitrogen and oxygen atoms in total. The highest BCUT2D eigenvalue weighted by Crippen LogP contribution is 2.71. The first-order valence-electron chi connectivity index (χ1n) is 14.6. The van der Waals surface area contributed by atoms with E-state index >= 15 is 0 Å². The molecule has 2 saturated carbocycles. The molecule has 2 aromatic rings. The van der Waals surface area contributed by atoms with Gasteiger partial charge in [-0.15, -0.1) is 0 Å². The number of benzene rings is 2. The Labute approximate surface area is 246 Å². The number of ketones is 2. The molecule has 0 aliphatic heterocycles. The van der Waals surface area contributed by atoms with Crippen molar-refractivity contribution in [3.8, 4) is 0 Å². The molecule has 222 valence electrons. The van der Waals surface area contributed by atoms with E-state index in [-0.39, 0.29) is 41.0 Å². The van der Waals surface area contributed by atoms with Crippen LogP contribution in [0.25, 0.3) is 0 Å². The number of carbonyl (C=O) groups excluding carboxylic acids is 3. The highest BCUT2D eigenvalue weighted by atomic mass is 16.5. The molecule has 42 heavy (non-hydrogen) atoms. The Morgan fingerprint density at radius 3 is 2.07 bits per heavy atom. The van der Waals surface area contributed by atoms with Crippen LogP contribution in [0.5, 0.6) is 0 Å². The third-order valence-electron chi connectivity index (χ3n) is 10.3. The molecule has 0 saturated heterocycles. The maximum Gasteiger partial charge on any atom is 0.338 e. The van der Waals surface area contributed by atoms with Gasteiger partial charge in [0.05, 0.1) is 11.0 Å². The summed E-state index contributed by atoms with van der Waals surface area (Å²) in [5, 5.41) is 34.6. The number of Topliss-reactive ketones (excluding diaryl/α,β-unsaturated/α-hetero) is 2. The van der Waals surface area contributed by atoms with Gasteiger partial charge in [-0.05, 0) is 66.7 Å². The molecule has 4 aliphatic carbocycles. The topological polar surface area (TPSA) is 121 Å². The predicted octanol–water partition coefficient (Wildman–Crippen LogP) is 4.57. The first kappa shape index (κ1) is 30.1. The smallest absolute Gasteiger partial charge is 0.338 e. The molecule has 0 amide bonds. The fraction of sp³-hybridized carbons (Fsp3) is 0.457. The van der Waals surface area contributed by atoms with Gasteiger partial charge in [0, 0.05) is 11.5 Å². The second-order valence-electron chi connectivity index (χ2n) is 13.0. The lowest BCUT2D eigenvalue weighted by molar-refractivity contribution is -0.190. The predicted molar refractivity (Wildman–Crippen MR) is 157 cm³/mol. The molecule has 6 rings (SSSR count). The molecule has 0 aromatic heterocycles. The lowest BCUT2D eigenvalue weighted by Crippen LogP contribution is -2.65. The number of ether oxygens (including phenoxy) is 1. The first-order chi connectivity index (χ1) is 19.8. The van der Waals surface area contributed by atoms with E-state index in [1.807, 2.05) is 37.3 Å². The van der Waals surface area contributed by atoms with Crippen LogP contribution in [0.3, 0.4) is 0 Å². The van der Waals surface area contributed by atoms with E-state index < -0.39 is 35.1 Å². The van der Waals surface area contributed by atoms with Gasteiger partial charge in [0.25, 0.3) is 0 Å². The highest BCUT2D eigenvalue weighted by molar-refractivity contribution is 5.95. The number of rotatable bonds is 4. The molecule has 7 heteroatoms. The molecular formula is C35H40O7. The Bertz CT molecular complexity index is 1440. The number of aliphatic hydroxyl groups is 3. The van der Waals surface area contributed by atoms with Crippen molar-refractivity contribution < 1.29 is 34.4 Å². The van der Waals surface area contributed by atoms with Gasteiger partial charge in [-0.25, -0.2) is 4.79 Å². The Balaban J connectivity index is 0.000000336. The minimum Gasteiger partial charge on any atom is -0.457 e. The van der Waals surface area contributed by atoms with Crippen LogP contribution in [0.2, 0.25) is 0 Å². The summed E-state index contributed by atoms with van der Waals surface area (Å²) < 4.78 is 5.50. The van der Waals surface area contributed by atoms with Gasteiger partial charge in [-0.3, -0.25) is 9.59 Å². The number of esters is 1. The largest absolute Gasteiger partial charge is 0.457 e. The summed E-state index contributed by atoms with van der Waals surface area (Å²) in [5.41, 5.74) is -1.66. The summed E-state index contributed by atoms with van der Waals surface area (Å²) in [4.78, 5) is 37.4. The van der Waals surface area contributed by atoms with Crippen molar-refractivity contribution in [1.29, 1.82) is 0 Å². The molecular weight excluding hydrogens is 532 g/mol. The summed E-state index contributed by atoms with van der Waals surface area (Å²) in [6.07, 6.45) is 1.19. The van der Waals surface area contributed by atoms with E-state index in [0.717, 1.165) is 12.0 Å². The van der Waals surface area contributed by atoms with E-state index in [0.29, 0.717) is 17.1 Å². The zero-order valence-corrected chi connectivity index (χ0v) is 24.8. The Hall–Kier alpha value is -3.39. The SMILES string of the molecule is CC(=O)c1ccccc1.CC1=CC23C(=O)C(C=C(COC(=O)c4ccccc4)C(O)C2(O)C1O)[C@H]1[C@@H](C[C@H]3C)C1(C)C. The van der Waals surface area contributed by atoms with Crippen molar-refractivity contribution in [2.24, 2.45) is 34.5 Å². The van der Waals surface area contributed by atoms with Crippen LogP contribution in [-0.4, -0.2) is 57.3 Å². The standard InChI is InChI=1S/C27H32O6.C8H8O/c1-14-12-26-15(2)10-19-20(25(19,3)4)18(23(26)30)11-17(22(29)27(26,32)21(14)28)13-33-24(31)16-8-6-5-7-9-16;1-7(9)8-5-3-2-4-6-8/h5-9,11-12,15,18-22,28-29,32H,10,13H2,1-4H3;2-6H,1H3/t15-,18?,19-,20+,21?,22?,26?,27?;/m1./s1. The number of aliphatic hydroxyl groups excluding tert-OH is 2. The zero-order valence-electron chi connectivity index (χ0n) is 24.8. The molecule has 2 bridgehead atoms. The summed E-state index contributed by atoms with van der Waals surface area (Å²) >= 11 is 0. The quantitative estimate of drug-likeness (QED) is 0.279. The lowest BCUT2D eigenvalue weighted by Gasteiger charge is -2.48. The zero-order chi connectivity index (χ0) is 30.6. The van der Waals surface area contributed by atoms with E-state index in [2.05, 4.69) is 13.8 Å². The Morgan fingerprint density at radius 1 is 0.952 bits per heavy atom. The van der Waals surface area contributed by atoms with Crippen molar-refractivity contribution in [2.45, 2.75) is 58.8 Å². The van der Waals surface area contributed by atoms with Gasteiger partial charge in [0.15, 0.2) is 11.6 Å². The van der Waals surface area contributed by atoms with Crippen LogP contribution >= 0.6 is 0 Å². The number of fused-ring (bicyclic) bond motifs is 3. The van der Waals surface area contributed by atoms with Gasteiger partial charge >= 0.3 is 5.97 Å². The van der Waals surface area contributed by atoms with Crippen LogP contribution in [-0.2, 0) is 9.53 Å². The van der Waals surface area contributed by atoms with Crippen LogP contribution in [0.15, 0.2) is 84.0 Å². The molecule has 0 radical (unpaired) electrons. The second kappa shape index (κ2) is 10.7. The van der Waals surface area contributed by atoms with Crippen LogP contribution in [0.4, 0.5) is 0 Å². The summed E-state index contributed by atoms with van der Waals surface area (Å²) in [6.45, 7) is 9.22. The molecule has 2 aromatic carbocycles. The fourth-order valence-electron chi connectivity index (χ4n) is 7.90. The average Bonchev–Trinajstić information content (AvgIpc) is 3.48. The minimum atomic E-state index is -2.12. The normalized spacial score (nSPS) is 35.6. The maximum atomic E-state index is 14.2. The van der Waals surface area contributed by atoms with E-state index in [1.165, 1.54) is 0 Å². The van der Waals surface area contributed by atoms with Crippen molar-refractivity contribution in [1.82, 2.24) is 0 Å². The Morgan fingerprint density at radius 2 is 1.52 bits per heavy atom. The minimum absolute atomic E-state index is 0.0398. The molecule has 2 fully saturated rings. The Kier molecular flexibility index (Phi) is 7.67. The summed E-state index contributed by atoms with van der Waals surface area (Å²) in [7, 11) is 0. The second-order valence-corrected chi connectivity index (χ2v) is 13.0. The molecule has 5 unspecified atom stereocenters. The van der Waals surface area contributed by atoms with Crippen molar-refractivity contribution in [3.05, 3.63) is 95.1 Å². The van der Waals surface area contributed by atoms with Gasteiger partial charge in [-0.1, -0.05) is 81.5 Å². The van der Waals surface area contributed by atoms with Gasteiger partial charge in [-0.2, -0.15) is 0 Å². The van der Waals surface area contributed by atoms with E-state index in [4.69, 9.17) is 4.74 Å². The van der Waals surface area contributed by atoms with Gasteiger partial charge in [0.1, 0.15) is 24.4 Å². The molecule has 1 spiro atoms. The lowest BCUT2D eigenvalue weighted by atomic mass is 9.59. The number of hydrogen-bond acceptors (Lipinski definition) is 7. The maximum absolute atomic E-state index is 14.2. The summed E-state index contributed by atoms with van der Waals surface area (Å²) in [6, 6.07) is 17.8. The number of allylic oxidation sites excluding steroid dienone is 1. The molecule has 0 heterocycles. The highest BCUT2D eigenvalue weighted by Gasteiger charge is 2.75. The molecule has 4 aliphatic rings. The number of hydrogen-bond donors (Lipinski definition) is 3. The summed E-state index contributed by atoms with van der Waals surface area (Å²) in [5.74, 6) is -1.01. The molecule has 3 N–H and O–H groups in total. The van der Waals surface area contributed by atoms with E-state index in [9.17, 15) is 29.7 Å². The third kappa shape index (κ3) is 4.50.